The minimum atomic E-state index is -4.96. The van der Waals surface area contributed by atoms with Gasteiger partial charge in [-0.3, -0.25) is 9.59 Å². The smallest absolute Gasteiger partial charge is 0.372 e. The van der Waals surface area contributed by atoms with Crippen molar-refractivity contribution in [3.63, 3.8) is 0 Å². The van der Waals surface area contributed by atoms with Gasteiger partial charge in [-0.2, -0.15) is 17.9 Å². The molecule has 1 fully saturated rings. The lowest BCUT2D eigenvalue weighted by Crippen LogP contribution is -2.51. The highest BCUT2D eigenvalue weighted by Gasteiger charge is 2.47. The molecule has 1 N–H and O–H groups in total. The van der Waals surface area contributed by atoms with Gasteiger partial charge >= 0.3 is 12.1 Å². The van der Waals surface area contributed by atoms with E-state index in [0.29, 0.717) is 45.7 Å². The van der Waals surface area contributed by atoms with Gasteiger partial charge in [-0.1, -0.05) is 65.3 Å². The molecular formula is C33H42ClF3N4O4SSi. The van der Waals surface area contributed by atoms with Crippen molar-refractivity contribution in [2.75, 3.05) is 18.5 Å². The van der Waals surface area contributed by atoms with Gasteiger partial charge in [-0.05, 0) is 71.3 Å². The summed E-state index contributed by atoms with van der Waals surface area (Å²) in [6.45, 7) is 13.6. The number of hydrogen-bond donors (Lipinski definition) is 1. The van der Waals surface area contributed by atoms with E-state index < -0.39 is 48.3 Å². The molecule has 0 spiro atoms. The summed E-state index contributed by atoms with van der Waals surface area (Å²) in [4.78, 5) is 27.6. The number of aromatic nitrogens is 1. The van der Waals surface area contributed by atoms with Crippen LogP contribution in [0.25, 0.3) is 10.9 Å². The quantitative estimate of drug-likeness (QED) is 0.234. The lowest BCUT2D eigenvalue weighted by Gasteiger charge is -2.44. The Kier molecular flexibility index (Phi) is 9.45. The van der Waals surface area contributed by atoms with Gasteiger partial charge in [0.2, 0.25) is 15.9 Å². The molecule has 3 aromatic rings. The summed E-state index contributed by atoms with van der Waals surface area (Å²) in [5.74, 6) is -2.31. The first-order chi connectivity index (χ1) is 21.8. The maximum absolute atomic E-state index is 13.7. The number of carbonyl (C=O) groups excluding carboxylic acids is 2. The van der Waals surface area contributed by atoms with Gasteiger partial charge in [0.25, 0.3) is 0 Å². The van der Waals surface area contributed by atoms with Crippen LogP contribution < -0.4 is 9.62 Å². The van der Waals surface area contributed by atoms with Crippen molar-refractivity contribution in [3.8, 4) is 0 Å². The first-order valence-electron chi connectivity index (χ1n) is 15.9. The molecule has 47 heavy (non-hydrogen) atoms. The number of anilines is 1. The lowest BCUT2D eigenvalue weighted by molar-refractivity contribution is -0.186. The van der Waals surface area contributed by atoms with Gasteiger partial charge in [0, 0.05) is 36.4 Å². The summed E-state index contributed by atoms with van der Waals surface area (Å²) >= 11 is 6.71. The van der Waals surface area contributed by atoms with E-state index in [4.69, 9.17) is 11.6 Å². The number of halogens is 4. The number of hydrogen-bond acceptors (Lipinski definition) is 4. The Balaban J connectivity index is 1.39. The van der Waals surface area contributed by atoms with Crippen LogP contribution in [-0.2, 0) is 26.0 Å². The normalized spacial score (nSPS) is 19.1. The molecule has 256 valence electrons. The van der Waals surface area contributed by atoms with Crippen molar-refractivity contribution in [3.05, 3.63) is 58.7 Å². The predicted molar refractivity (Wildman–Crippen MR) is 181 cm³/mol. The Morgan fingerprint density at radius 1 is 1.02 bits per heavy atom. The van der Waals surface area contributed by atoms with E-state index in [1.807, 2.05) is 6.20 Å². The third kappa shape index (κ3) is 6.01. The van der Waals surface area contributed by atoms with E-state index in [2.05, 4.69) is 50.5 Å². The highest BCUT2D eigenvalue weighted by molar-refractivity contribution is 7.89. The summed E-state index contributed by atoms with van der Waals surface area (Å²) in [7, 11) is -5.23. The average Bonchev–Trinajstić information content (AvgIpc) is 3.66. The van der Waals surface area contributed by atoms with Crippen molar-refractivity contribution < 1.29 is 31.2 Å². The van der Waals surface area contributed by atoms with Crippen LogP contribution >= 0.6 is 11.6 Å². The Labute approximate surface area is 280 Å². The van der Waals surface area contributed by atoms with Gasteiger partial charge in [-0.25, -0.2) is 8.42 Å². The molecule has 2 aromatic carbocycles. The molecule has 0 saturated carbocycles. The van der Waals surface area contributed by atoms with Crippen LogP contribution in [-0.4, -0.2) is 63.4 Å². The van der Waals surface area contributed by atoms with Crippen molar-refractivity contribution in [2.45, 2.75) is 101 Å². The van der Waals surface area contributed by atoms with Gasteiger partial charge in [0.1, 0.15) is 6.04 Å². The zero-order chi connectivity index (χ0) is 34.8. The molecule has 5 rings (SSSR count). The molecule has 1 aromatic heterocycles. The van der Waals surface area contributed by atoms with Crippen molar-refractivity contribution in [1.29, 1.82) is 0 Å². The van der Waals surface area contributed by atoms with Gasteiger partial charge in [-0.15, -0.1) is 0 Å². The van der Waals surface area contributed by atoms with Crippen LogP contribution in [0.5, 0.6) is 0 Å². The van der Waals surface area contributed by atoms with Crippen molar-refractivity contribution >= 4 is 58.3 Å². The number of aryl methyl sites for hydroxylation is 1. The molecule has 0 bridgehead atoms. The fraction of sp³-hybridized carbons (Fsp3) is 0.515. The Morgan fingerprint density at radius 3 is 2.26 bits per heavy atom. The fourth-order valence-electron chi connectivity index (χ4n) is 8.28. The second-order valence-electron chi connectivity index (χ2n) is 13.7. The van der Waals surface area contributed by atoms with Gasteiger partial charge < -0.3 is 14.0 Å². The molecule has 1 aliphatic heterocycles. The van der Waals surface area contributed by atoms with E-state index in [1.165, 1.54) is 11.0 Å². The second kappa shape index (κ2) is 12.5. The molecule has 2 heterocycles. The number of rotatable bonds is 9. The number of sulfonamides is 1. The predicted octanol–water partition coefficient (Wildman–Crippen LogP) is 7.41. The van der Waals surface area contributed by atoms with Crippen LogP contribution in [0.4, 0.5) is 18.9 Å². The van der Waals surface area contributed by atoms with Crippen molar-refractivity contribution in [2.24, 2.45) is 0 Å². The topological polar surface area (TPSA) is 91.7 Å². The SMILES string of the molecule is CC(C)[Si](C(C)C)(C(C)C)n1cc(Cl)c2ccc(S(=O)(=O)N[C@H]3CCN(c4ccc5c(c4)CCC5N(C)C(=O)C(F)(F)F)C3=O)cc21. The summed E-state index contributed by atoms with van der Waals surface area (Å²) in [5, 5.41) is 1.34. The lowest BCUT2D eigenvalue weighted by atomic mass is 10.1. The summed E-state index contributed by atoms with van der Waals surface area (Å²) in [5.41, 5.74) is 3.71. The van der Waals surface area contributed by atoms with E-state index in [-0.39, 0.29) is 17.9 Å². The molecule has 8 nitrogen and oxygen atoms in total. The monoisotopic (exact) mass is 710 g/mol. The molecule has 1 saturated heterocycles. The standard InChI is InChI=1S/C33H42ClF3N4O4SSi/c1-19(2)47(20(3)4,21(5)6)41-18-27(34)26-12-10-24(17-30(26)41)46(44,45)38-28-14-15-40(31(28)42)23-9-11-25-22(16-23)8-13-29(25)39(7)32(43)33(35,36)37/h9-12,16-21,28-29,38H,8,13-15H2,1-7H3/t28-,29?/m0/s1. The average molecular weight is 711 g/mol. The first kappa shape index (κ1) is 35.4. The van der Waals surface area contributed by atoms with E-state index >= 15 is 0 Å². The fourth-order valence-corrected chi connectivity index (χ4v) is 16.5. The third-order valence-electron chi connectivity index (χ3n) is 10.2. The summed E-state index contributed by atoms with van der Waals surface area (Å²) in [6, 6.07) is 8.23. The maximum Gasteiger partial charge on any atom is 0.471 e. The van der Waals surface area contributed by atoms with Gasteiger partial charge in [0.05, 0.1) is 16.0 Å². The van der Waals surface area contributed by atoms with Crippen LogP contribution in [0.3, 0.4) is 0 Å². The molecule has 1 unspecified atom stereocenters. The zero-order valence-corrected chi connectivity index (χ0v) is 30.2. The third-order valence-corrected chi connectivity index (χ3v) is 18.8. The van der Waals surface area contributed by atoms with Gasteiger partial charge in [0.15, 0.2) is 8.24 Å². The molecule has 14 heteroatoms. The number of benzene rings is 2. The minimum absolute atomic E-state index is 0.0486. The van der Waals surface area contributed by atoms with Crippen LogP contribution in [0, 0.1) is 0 Å². The number of nitrogens with one attached hydrogen (secondary N) is 1. The zero-order valence-electron chi connectivity index (χ0n) is 27.7. The number of nitrogens with zero attached hydrogens (tertiary/aromatic N) is 3. The molecule has 0 radical (unpaired) electrons. The van der Waals surface area contributed by atoms with Crippen molar-refractivity contribution in [1.82, 2.24) is 13.9 Å². The largest absolute Gasteiger partial charge is 0.471 e. The van der Waals surface area contributed by atoms with Crippen LogP contribution in [0.2, 0.25) is 21.6 Å². The second-order valence-corrected chi connectivity index (χ2v) is 21.5. The van der Waals surface area contributed by atoms with E-state index in [1.54, 1.807) is 30.3 Å². The number of amides is 2. The maximum atomic E-state index is 13.7. The molecule has 2 atom stereocenters. The van der Waals surface area contributed by atoms with E-state index in [9.17, 15) is 31.2 Å². The molecule has 2 amide bonds. The number of fused-ring (bicyclic) bond motifs is 2. The first-order valence-corrected chi connectivity index (χ1v) is 20.0. The van der Waals surface area contributed by atoms with Crippen LogP contribution in [0.15, 0.2) is 47.5 Å². The van der Waals surface area contributed by atoms with E-state index in [0.717, 1.165) is 28.4 Å². The molecule has 2 aliphatic rings. The Hall–Kier alpha value is -2.87. The Bertz CT molecular complexity index is 1800. The molecule has 1 aliphatic carbocycles. The minimum Gasteiger partial charge on any atom is -0.372 e. The Morgan fingerprint density at radius 2 is 1.66 bits per heavy atom. The summed E-state index contributed by atoms with van der Waals surface area (Å²) < 4.78 is 71.5. The number of alkyl halides is 3. The highest BCUT2D eigenvalue weighted by Crippen LogP contribution is 2.46. The van der Waals surface area contributed by atoms with Crippen LogP contribution in [0.1, 0.15) is 71.6 Å². The highest BCUT2D eigenvalue weighted by atomic mass is 35.5. The number of carbonyl (C=O) groups is 2. The molecular weight excluding hydrogens is 669 g/mol. The summed E-state index contributed by atoms with van der Waals surface area (Å²) in [6.07, 6.45) is -1.99.